The molecule has 0 unspecified atom stereocenters. The Labute approximate surface area is 93.4 Å². The minimum Gasteiger partial charge on any atom is -0.392 e. The smallest absolute Gasteiger partial charge is 0.0682 e. The van der Waals surface area contributed by atoms with E-state index in [-0.39, 0.29) is 6.61 Å². The van der Waals surface area contributed by atoms with E-state index in [0.717, 1.165) is 16.5 Å². The fraction of sp³-hybridized carbons (Fsp3) is 0.167. The van der Waals surface area contributed by atoms with Gasteiger partial charge in [0.2, 0.25) is 0 Å². The lowest BCUT2D eigenvalue weighted by Gasteiger charge is -2.04. The predicted octanol–water partition coefficient (Wildman–Crippen LogP) is 2.89. The first-order chi connectivity index (χ1) is 7.20. The quantitative estimate of drug-likeness (QED) is 0.847. The molecule has 2 rings (SSSR count). The number of fused-ring (bicyclic) bond motifs is 1. The van der Waals surface area contributed by atoms with E-state index < -0.39 is 0 Å². The number of hydrogen-bond acceptors (Lipinski definition) is 1. The number of halogens is 1. The first-order valence-electron chi connectivity index (χ1n) is 4.72. The molecule has 0 radical (unpaired) electrons. The molecule has 2 nitrogen and oxygen atoms in total. The minimum atomic E-state index is 0.0585. The van der Waals surface area contributed by atoms with Crippen molar-refractivity contribution in [3.8, 4) is 0 Å². The van der Waals surface area contributed by atoms with Gasteiger partial charge in [-0.3, -0.25) is 0 Å². The molecule has 1 aromatic heterocycles. The van der Waals surface area contributed by atoms with Crippen molar-refractivity contribution in [1.82, 2.24) is 4.57 Å². The van der Waals surface area contributed by atoms with E-state index in [9.17, 15) is 0 Å². The molecule has 0 aliphatic rings. The Morgan fingerprint density at radius 2 is 2.20 bits per heavy atom. The summed E-state index contributed by atoms with van der Waals surface area (Å²) < 4.78 is 2.02. The fourth-order valence-corrected chi connectivity index (χ4v) is 1.78. The van der Waals surface area contributed by atoms with Crippen LogP contribution in [-0.4, -0.2) is 9.67 Å². The summed E-state index contributed by atoms with van der Waals surface area (Å²) in [5.41, 5.74) is 1.98. The molecule has 0 bridgehead atoms. The van der Waals surface area contributed by atoms with E-state index in [1.165, 1.54) is 0 Å². The molecule has 2 aromatic rings. The zero-order valence-electron chi connectivity index (χ0n) is 8.28. The van der Waals surface area contributed by atoms with Gasteiger partial charge in [0.05, 0.1) is 13.2 Å². The normalized spacial score (nSPS) is 10.8. The Kier molecular flexibility index (Phi) is 2.80. The number of aromatic nitrogens is 1. The van der Waals surface area contributed by atoms with Crippen LogP contribution in [0, 0.1) is 0 Å². The molecule has 0 aliphatic carbocycles. The molecule has 0 saturated heterocycles. The number of aliphatic hydroxyl groups excluding tert-OH is 1. The zero-order valence-corrected chi connectivity index (χ0v) is 9.04. The molecular formula is C12H12ClNO. The third-order valence-electron chi connectivity index (χ3n) is 2.36. The minimum absolute atomic E-state index is 0.0585. The Morgan fingerprint density at radius 3 is 2.87 bits per heavy atom. The summed E-state index contributed by atoms with van der Waals surface area (Å²) in [6.45, 7) is 4.33. The lowest BCUT2D eigenvalue weighted by Crippen LogP contribution is -1.95. The molecule has 0 amide bonds. The summed E-state index contributed by atoms with van der Waals surface area (Å²) in [5.74, 6) is 0. The van der Waals surface area contributed by atoms with Gasteiger partial charge < -0.3 is 9.67 Å². The summed E-state index contributed by atoms with van der Waals surface area (Å²) in [5, 5.41) is 10.8. The first-order valence-corrected chi connectivity index (χ1v) is 5.10. The summed E-state index contributed by atoms with van der Waals surface area (Å²) in [7, 11) is 0. The molecule has 0 saturated carbocycles. The highest BCUT2D eigenvalue weighted by Crippen LogP contribution is 2.19. The third kappa shape index (κ3) is 2.06. The van der Waals surface area contributed by atoms with Gasteiger partial charge in [-0.1, -0.05) is 30.3 Å². The maximum absolute atomic E-state index is 9.05. The van der Waals surface area contributed by atoms with Crippen molar-refractivity contribution >= 4 is 22.5 Å². The molecule has 0 fully saturated rings. The second-order valence-corrected chi connectivity index (χ2v) is 4.05. The van der Waals surface area contributed by atoms with Crippen molar-refractivity contribution in [3.05, 3.63) is 47.6 Å². The number of nitrogens with zero attached hydrogens (tertiary/aromatic N) is 1. The molecular weight excluding hydrogens is 210 g/mol. The molecule has 1 N–H and O–H groups in total. The van der Waals surface area contributed by atoms with Crippen LogP contribution in [0.5, 0.6) is 0 Å². The van der Waals surface area contributed by atoms with Crippen molar-refractivity contribution in [2.45, 2.75) is 13.2 Å². The fourth-order valence-electron chi connectivity index (χ4n) is 1.65. The van der Waals surface area contributed by atoms with E-state index in [0.29, 0.717) is 11.6 Å². The Morgan fingerprint density at radius 1 is 1.40 bits per heavy atom. The molecule has 78 valence electrons. The van der Waals surface area contributed by atoms with Gasteiger partial charge in [-0.2, -0.15) is 0 Å². The van der Waals surface area contributed by atoms with E-state index in [1.807, 2.05) is 35.0 Å². The molecule has 0 aliphatic heterocycles. The molecule has 0 spiro atoms. The first kappa shape index (κ1) is 10.3. The van der Waals surface area contributed by atoms with Crippen molar-refractivity contribution in [3.63, 3.8) is 0 Å². The average molecular weight is 222 g/mol. The van der Waals surface area contributed by atoms with E-state index in [4.69, 9.17) is 16.7 Å². The highest BCUT2D eigenvalue weighted by atomic mass is 35.5. The van der Waals surface area contributed by atoms with Gasteiger partial charge in [0.1, 0.15) is 0 Å². The molecule has 1 aromatic carbocycles. The number of allylic oxidation sites excluding steroid dienone is 1. The van der Waals surface area contributed by atoms with Gasteiger partial charge in [0.15, 0.2) is 0 Å². The Hall–Kier alpha value is -1.25. The maximum atomic E-state index is 9.05. The van der Waals surface area contributed by atoms with Crippen LogP contribution in [0.1, 0.15) is 5.56 Å². The lowest BCUT2D eigenvalue weighted by atomic mass is 10.2. The summed E-state index contributed by atoms with van der Waals surface area (Å²) >= 11 is 5.78. The third-order valence-corrected chi connectivity index (χ3v) is 2.48. The van der Waals surface area contributed by atoms with Gasteiger partial charge in [0, 0.05) is 16.7 Å². The SMILES string of the molecule is C=C(Cl)Cn1ccc2ccc(CO)cc21. The monoisotopic (exact) mass is 221 g/mol. The second-order valence-electron chi connectivity index (χ2n) is 3.51. The van der Waals surface area contributed by atoms with Crippen LogP contribution < -0.4 is 0 Å². The molecule has 1 heterocycles. The average Bonchev–Trinajstić information content (AvgIpc) is 2.60. The number of hydrogen-bond donors (Lipinski definition) is 1. The standard InChI is InChI=1S/C12H12ClNO/c1-9(13)7-14-5-4-11-3-2-10(8-15)6-12(11)14/h2-6,15H,1,7-8H2. The van der Waals surface area contributed by atoms with Gasteiger partial charge >= 0.3 is 0 Å². The number of aliphatic hydroxyl groups is 1. The van der Waals surface area contributed by atoms with Crippen LogP contribution >= 0.6 is 11.6 Å². The highest BCUT2D eigenvalue weighted by Gasteiger charge is 2.02. The van der Waals surface area contributed by atoms with Crippen molar-refractivity contribution in [1.29, 1.82) is 0 Å². The van der Waals surface area contributed by atoms with Crippen molar-refractivity contribution < 1.29 is 5.11 Å². The van der Waals surface area contributed by atoms with Crippen LogP contribution in [0.15, 0.2) is 42.1 Å². The van der Waals surface area contributed by atoms with Crippen LogP contribution in [0.4, 0.5) is 0 Å². The van der Waals surface area contributed by atoms with E-state index in [1.54, 1.807) is 0 Å². The summed E-state index contributed by atoms with van der Waals surface area (Å²) in [6, 6.07) is 7.90. The van der Waals surface area contributed by atoms with Gasteiger partial charge in [0.25, 0.3) is 0 Å². The van der Waals surface area contributed by atoms with Gasteiger partial charge in [-0.15, -0.1) is 0 Å². The maximum Gasteiger partial charge on any atom is 0.0682 e. The summed E-state index contributed by atoms with van der Waals surface area (Å²) in [6.07, 6.45) is 1.97. The molecule has 0 atom stereocenters. The number of rotatable bonds is 3. The predicted molar refractivity (Wildman–Crippen MR) is 62.9 cm³/mol. The second kappa shape index (κ2) is 4.09. The van der Waals surface area contributed by atoms with Crippen LogP contribution in [0.2, 0.25) is 0 Å². The lowest BCUT2D eigenvalue weighted by molar-refractivity contribution is 0.282. The van der Waals surface area contributed by atoms with Crippen LogP contribution in [0.25, 0.3) is 10.9 Å². The van der Waals surface area contributed by atoms with Crippen LogP contribution in [-0.2, 0) is 13.2 Å². The number of benzene rings is 1. The van der Waals surface area contributed by atoms with Crippen molar-refractivity contribution in [2.24, 2.45) is 0 Å². The zero-order chi connectivity index (χ0) is 10.8. The van der Waals surface area contributed by atoms with Crippen LogP contribution in [0.3, 0.4) is 0 Å². The van der Waals surface area contributed by atoms with Gasteiger partial charge in [-0.05, 0) is 23.1 Å². The Balaban J connectivity index is 2.51. The highest BCUT2D eigenvalue weighted by molar-refractivity contribution is 6.29. The molecule has 3 heteroatoms. The van der Waals surface area contributed by atoms with Gasteiger partial charge in [-0.25, -0.2) is 0 Å². The largest absolute Gasteiger partial charge is 0.392 e. The van der Waals surface area contributed by atoms with E-state index >= 15 is 0 Å². The Bertz CT molecular complexity index is 501. The molecule has 15 heavy (non-hydrogen) atoms. The van der Waals surface area contributed by atoms with Crippen molar-refractivity contribution in [2.75, 3.05) is 0 Å². The van der Waals surface area contributed by atoms with E-state index in [2.05, 4.69) is 6.58 Å². The summed E-state index contributed by atoms with van der Waals surface area (Å²) in [4.78, 5) is 0. The topological polar surface area (TPSA) is 25.2 Å².